The second kappa shape index (κ2) is 6.65. The number of hydrogen-bond acceptors (Lipinski definition) is 3. The molecule has 0 heterocycles. The van der Waals surface area contributed by atoms with Crippen molar-refractivity contribution in [2.75, 3.05) is 13.2 Å². The number of hydrogen-bond donors (Lipinski definition) is 2. The Balaban J connectivity index is 0.00000169. The molecule has 0 aliphatic rings. The summed E-state index contributed by atoms with van der Waals surface area (Å²) in [4.78, 5) is 0. The van der Waals surface area contributed by atoms with Crippen LogP contribution in [-0.4, -0.2) is 18.3 Å². The molecule has 0 saturated heterocycles. The lowest BCUT2D eigenvalue weighted by Gasteiger charge is -2.08. The highest BCUT2D eigenvalue weighted by Crippen LogP contribution is 2.17. The Kier molecular flexibility index (Phi) is 6.28. The molecule has 0 saturated carbocycles. The van der Waals surface area contributed by atoms with Crippen LogP contribution in [0.15, 0.2) is 24.3 Å². The number of aliphatic hydroxyl groups is 1. The zero-order valence-electron chi connectivity index (χ0n) is 8.14. The van der Waals surface area contributed by atoms with Gasteiger partial charge in [0.25, 0.3) is 0 Å². The first kappa shape index (κ1) is 13.2. The molecule has 80 valence electrons. The normalized spacial score (nSPS) is 11.6. The van der Waals surface area contributed by atoms with E-state index in [9.17, 15) is 0 Å². The lowest BCUT2D eigenvalue weighted by Crippen LogP contribution is -2.06. The summed E-state index contributed by atoms with van der Waals surface area (Å²) in [5.41, 5.74) is 6.74. The van der Waals surface area contributed by atoms with Crippen LogP contribution in [-0.2, 0) is 0 Å². The van der Waals surface area contributed by atoms with Crippen LogP contribution in [0.4, 0.5) is 0 Å². The van der Waals surface area contributed by atoms with Crippen LogP contribution in [0.1, 0.15) is 18.5 Å². The highest BCUT2D eigenvalue weighted by Gasteiger charge is 2.00. The van der Waals surface area contributed by atoms with Gasteiger partial charge in [-0.05, 0) is 24.6 Å². The topological polar surface area (TPSA) is 55.5 Å². The molecule has 0 bridgehead atoms. The molecule has 0 radical (unpaired) electrons. The van der Waals surface area contributed by atoms with E-state index in [0.29, 0.717) is 6.61 Å². The molecule has 0 fully saturated rings. The Morgan fingerprint density at radius 2 is 2.21 bits per heavy atom. The SMILES string of the molecule is C[C@@H](N)c1cccc(OCCO)c1.Cl. The van der Waals surface area contributed by atoms with Crippen LogP contribution >= 0.6 is 12.4 Å². The van der Waals surface area contributed by atoms with Gasteiger partial charge in [-0.2, -0.15) is 0 Å². The van der Waals surface area contributed by atoms with Gasteiger partial charge in [-0.1, -0.05) is 12.1 Å². The van der Waals surface area contributed by atoms with E-state index < -0.39 is 0 Å². The monoisotopic (exact) mass is 217 g/mol. The molecule has 1 rings (SSSR count). The van der Waals surface area contributed by atoms with Gasteiger partial charge in [0.1, 0.15) is 12.4 Å². The molecule has 0 unspecified atom stereocenters. The molecule has 0 aliphatic carbocycles. The quantitative estimate of drug-likeness (QED) is 0.804. The number of halogens is 1. The predicted octanol–water partition coefficient (Wildman–Crippen LogP) is 1.50. The molecular weight excluding hydrogens is 202 g/mol. The van der Waals surface area contributed by atoms with Gasteiger partial charge >= 0.3 is 0 Å². The largest absolute Gasteiger partial charge is 0.491 e. The van der Waals surface area contributed by atoms with Gasteiger partial charge in [0.2, 0.25) is 0 Å². The summed E-state index contributed by atoms with van der Waals surface area (Å²) in [6.07, 6.45) is 0. The molecular formula is C10H16ClNO2. The number of benzene rings is 1. The van der Waals surface area contributed by atoms with Crippen molar-refractivity contribution < 1.29 is 9.84 Å². The van der Waals surface area contributed by atoms with Crippen LogP contribution in [0.5, 0.6) is 5.75 Å². The number of nitrogens with two attached hydrogens (primary N) is 1. The molecule has 14 heavy (non-hydrogen) atoms. The zero-order chi connectivity index (χ0) is 9.68. The van der Waals surface area contributed by atoms with Crippen molar-refractivity contribution in [3.63, 3.8) is 0 Å². The third kappa shape index (κ3) is 3.96. The fraction of sp³-hybridized carbons (Fsp3) is 0.400. The molecule has 0 aromatic heterocycles. The Morgan fingerprint density at radius 1 is 1.50 bits per heavy atom. The molecule has 0 spiro atoms. The van der Waals surface area contributed by atoms with Crippen molar-refractivity contribution in [3.05, 3.63) is 29.8 Å². The average molecular weight is 218 g/mol. The minimum absolute atomic E-state index is 0. The highest BCUT2D eigenvalue weighted by molar-refractivity contribution is 5.85. The van der Waals surface area contributed by atoms with Gasteiger partial charge in [-0.15, -0.1) is 12.4 Å². The second-order valence-electron chi connectivity index (χ2n) is 2.93. The van der Waals surface area contributed by atoms with Crippen LogP contribution in [0.3, 0.4) is 0 Å². The summed E-state index contributed by atoms with van der Waals surface area (Å²) in [6.45, 7) is 2.27. The molecule has 0 aliphatic heterocycles. The zero-order valence-corrected chi connectivity index (χ0v) is 8.96. The van der Waals surface area contributed by atoms with Crippen LogP contribution < -0.4 is 10.5 Å². The smallest absolute Gasteiger partial charge is 0.119 e. The Labute approximate surface area is 90.3 Å². The Bertz CT molecular complexity index is 266. The highest BCUT2D eigenvalue weighted by atomic mass is 35.5. The summed E-state index contributed by atoms with van der Waals surface area (Å²) >= 11 is 0. The van der Waals surface area contributed by atoms with E-state index in [1.165, 1.54) is 0 Å². The van der Waals surface area contributed by atoms with Gasteiger partial charge in [-0.25, -0.2) is 0 Å². The van der Waals surface area contributed by atoms with E-state index in [4.69, 9.17) is 15.6 Å². The van der Waals surface area contributed by atoms with E-state index >= 15 is 0 Å². The summed E-state index contributed by atoms with van der Waals surface area (Å²) < 4.78 is 5.24. The average Bonchev–Trinajstić information content (AvgIpc) is 2.15. The minimum atomic E-state index is 0. The van der Waals surface area contributed by atoms with Crippen LogP contribution in [0.2, 0.25) is 0 Å². The van der Waals surface area contributed by atoms with Crippen molar-refractivity contribution >= 4 is 12.4 Å². The molecule has 1 aromatic carbocycles. The maximum atomic E-state index is 8.56. The number of ether oxygens (including phenoxy) is 1. The van der Waals surface area contributed by atoms with Crippen molar-refractivity contribution in [3.8, 4) is 5.75 Å². The van der Waals surface area contributed by atoms with Gasteiger partial charge in [0.15, 0.2) is 0 Å². The van der Waals surface area contributed by atoms with E-state index in [-0.39, 0.29) is 25.1 Å². The first-order chi connectivity index (χ1) is 6.24. The standard InChI is InChI=1S/C10H15NO2.ClH/c1-8(11)9-3-2-4-10(7-9)13-6-5-12;/h2-4,7-8,12H,5-6,11H2,1H3;1H/t8-;/m1./s1. The Hall–Kier alpha value is -0.770. The minimum Gasteiger partial charge on any atom is -0.491 e. The molecule has 3 N–H and O–H groups in total. The van der Waals surface area contributed by atoms with Crippen molar-refractivity contribution in [2.24, 2.45) is 5.73 Å². The number of aliphatic hydroxyl groups excluding tert-OH is 1. The van der Waals surface area contributed by atoms with Gasteiger partial charge in [0, 0.05) is 6.04 Å². The molecule has 0 amide bonds. The van der Waals surface area contributed by atoms with Gasteiger partial charge < -0.3 is 15.6 Å². The molecule has 1 atom stereocenters. The summed E-state index contributed by atoms with van der Waals surface area (Å²) in [5, 5.41) is 8.56. The van der Waals surface area contributed by atoms with Crippen LogP contribution in [0, 0.1) is 0 Å². The summed E-state index contributed by atoms with van der Waals surface area (Å²) in [6, 6.07) is 7.60. The van der Waals surface area contributed by atoms with Crippen molar-refractivity contribution in [2.45, 2.75) is 13.0 Å². The van der Waals surface area contributed by atoms with E-state index in [2.05, 4.69) is 0 Å². The molecule has 1 aromatic rings. The Morgan fingerprint density at radius 3 is 2.79 bits per heavy atom. The third-order valence-electron chi connectivity index (χ3n) is 1.74. The van der Waals surface area contributed by atoms with E-state index in [1.807, 2.05) is 31.2 Å². The first-order valence-electron chi connectivity index (χ1n) is 4.33. The molecule has 3 nitrogen and oxygen atoms in total. The molecule has 4 heteroatoms. The van der Waals surface area contributed by atoms with E-state index in [1.54, 1.807) is 0 Å². The number of rotatable bonds is 4. The maximum absolute atomic E-state index is 8.56. The predicted molar refractivity (Wildman–Crippen MR) is 58.9 cm³/mol. The lowest BCUT2D eigenvalue weighted by molar-refractivity contribution is 0.201. The van der Waals surface area contributed by atoms with E-state index in [0.717, 1.165) is 11.3 Å². The van der Waals surface area contributed by atoms with Crippen molar-refractivity contribution in [1.82, 2.24) is 0 Å². The lowest BCUT2D eigenvalue weighted by atomic mass is 10.1. The maximum Gasteiger partial charge on any atom is 0.119 e. The third-order valence-corrected chi connectivity index (χ3v) is 1.74. The first-order valence-corrected chi connectivity index (χ1v) is 4.33. The van der Waals surface area contributed by atoms with Gasteiger partial charge in [0.05, 0.1) is 6.61 Å². The second-order valence-corrected chi connectivity index (χ2v) is 2.93. The van der Waals surface area contributed by atoms with Crippen LogP contribution in [0.25, 0.3) is 0 Å². The summed E-state index contributed by atoms with van der Waals surface area (Å²) in [5.74, 6) is 0.754. The summed E-state index contributed by atoms with van der Waals surface area (Å²) in [7, 11) is 0. The van der Waals surface area contributed by atoms with Crippen molar-refractivity contribution in [1.29, 1.82) is 0 Å². The van der Waals surface area contributed by atoms with Gasteiger partial charge in [-0.3, -0.25) is 0 Å². The fourth-order valence-electron chi connectivity index (χ4n) is 1.05. The fourth-order valence-corrected chi connectivity index (χ4v) is 1.05.